The molecule has 3 aromatic rings. The van der Waals surface area contributed by atoms with Gasteiger partial charge in [0.2, 0.25) is 0 Å². The number of hydrogen-bond acceptors (Lipinski definition) is 3. The third-order valence-electron chi connectivity index (χ3n) is 4.75. The summed E-state index contributed by atoms with van der Waals surface area (Å²) in [6, 6.07) is 5.95. The van der Waals surface area contributed by atoms with Gasteiger partial charge in [-0.1, -0.05) is 0 Å². The minimum absolute atomic E-state index is 0.412. The van der Waals surface area contributed by atoms with E-state index in [4.69, 9.17) is 5.73 Å². The molecule has 1 aliphatic heterocycles. The second kappa shape index (κ2) is 5.70. The lowest BCUT2D eigenvalue weighted by Gasteiger charge is -2.29. The number of fused-ring (bicyclic) bond motifs is 1. The number of hydrogen-bond donors (Lipinski definition) is 2. The number of aromatic nitrogens is 3. The molecule has 6 nitrogen and oxygen atoms in total. The Labute approximate surface area is 140 Å². The molecular weight excluding hydrogens is 302 g/mol. The highest BCUT2D eigenvalue weighted by atomic mass is 16.1. The van der Waals surface area contributed by atoms with Gasteiger partial charge in [-0.2, -0.15) is 5.10 Å². The summed E-state index contributed by atoms with van der Waals surface area (Å²) < 4.78 is 1.77. The molecule has 6 heteroatoms. The van der Waals surface area contributed by atoms with Crippen LogP contribution < -0.4 is 10.6 Å². The number of piperidine rings is 1. The summed E-state index contributed by atoms with van der Waals surface area (Å²) in [6.07, 6.45) is 7.47. The quantitative estimate of drug-likeness (QED) is 0.777. The molecule has 0 bridgehead atoms. The molecular formula is C18H21N5O. The van der Waals surface area contributed by atoms with Crippen molar-refractivity contribution in [3.05, 3.63) is 36.2 Å². The topological polar surface area (TPSA) is 79.9 Å². The number of aromatic amines is 1. The molecule has 0 saturated carbocycles. The average Bonchev–Trinajstić information content (AvgIpc) is 3.20. The fraction of sp³-hybridized carbons (Fsp3) is 0.333. The van der Waals surface area contributed by atoms with E-state index in [0.717, 1.165) is 35.2 Å². The van der Waals surface area contributed by atoms with E-state index in [-0.39, 0.29) is 0 Å². The molecule has 1 aromatic carbocycles. The Morgan fingerprint density at radius 3 is 2.71 bits per heavy atom. The van der Waals surface area contributed by atoms with Crippen molar-refractivity contribution >= 4 is 22.5 Å². The molecule has 2 aromatic heterocycles. The highest BCUT2D eigenvalue weighted by Gasteiger charge is 2.19. The SMILES string of the molecule is Cn1cc(-c2cc3c(N4CCCCC4)ccc(C(N)=O)c3[nH]2)cn1. The fourth-order valence-corrected chi connectivity index (χ4v) is 3.54. The Hall–Kier alpha value is -2.76. The van der Waals surface area contributed by atoms with Gasteiger partial charge >= 0.3 is 0 Å². The predicted octanol–water partition coefficient (Wildman–Crippen LogP) is 2.66. The van der Waals surface area contributed by atoms with Crippen LogP contribution in [0.4, 0.5) is 5.69 Å². The summed E-state index contributed by atoms with van der Waals surface area (Å²) in [4.78, 5) is 17.6. The molecule has 1 saturated heterocycles. The third-order valence-corrected chi connectivity index (χ3v) is 4.75. The molecule has 0 aliphatic carbocycles. The highest BCUT2D eigenvalue weighted by molar-refractivity contribution is 6.09. The smallest absolute Gasteiger partial charge is 0.250 e. The second-order valence-corrected chi connectivity index (χ2v) is 6.42. The predicted molar refractivity (Wildman–Crippen MR) is 95.1 cm³/mol. The molecule has 1 amide bonds. The van der Waals surface area contributed by atoms with E-state index in [2.05, 4.69) is 21.0 Å². The first-order chi connectivity index (χ1) is 11.6. The van der Waals surface area contributed by atoms with Crippen LogP contribution in [0.5, 0.6) is 0 Å². The number of amides is 1. The maximum atomic E-state index is 11.8. The van der Waals surface area contributed by atoms with Crippen LogP contribution in [-0.2, 0) is 7.05 Å². The van der Waals surface area contributed by atoms with Crippen LogP contribution in [0.3, 0.4) is 0 Å². The third kappa shape index (κ3) is 2.44. The average molecular weight is 323 g/mol. The second-order valence-electron chi connectivity index (χ2n) is 6.42. The molecule has 3 heterocycles. The van der Waals surface area contributed by atoms with Gasteiger partial charge < -0.3 is 15.6 Å². The van der Waals surface area contributed by atoms with Crippen molar-refractivity contribution in [1.29, 1.82) is 0 Å². The molecule has 1 fully saturated rings. The van der Waals surface area contributed by atoms with Gasteiger partial charge in [0.1, 0.15) is 0 Å². The summed E-state index contributed by atoms with van der Waals surface area (Å²) in [5.74, 6) is -0.412. The molecule has 0 atom stereocenters. The number of benzene rings is 1. The first-order valence-corrected chi connectivity index (χ1v) is 8.33. The molecule has 124 valence electrons. The molecule has 0 radical (unpaired) electrons. The lowest BCUT2D eigenvalue weighted by Crippen LogP contribution is -2.29. The lowest BCUT2D eigenvalue weighted by molar-refractivity contribution is 0.100. The van der Waals surface area contributed by atoms with E-state index in [0.29, 0.717) is 5.56 Å². The Bertz CT molecular complexity index is 901. The van der Waals surface area contributed by atoms with Crippen molar-refractivity contribution in [1.82, 2.24) is 14.8 Å². The van der Waals surface area contributed by atoms with Crippen LogP contribution >= 0.6 is 0 Å². The zero-order valence-corrected chi connectivity index (χ0v) is 13.7. The van der Waals surface area contributed by atoms with E-state index in [1.54, 1.807) is 4.68 Å². The Balaban J connectivity index is 1.89. The van der Waals surface area contributed by atoms with Gasteiger partial charge in [0.25, 0.3) is 5.91 Å². The number of carbonyl (C=O) groups excluding carboxylic acids is 1. The molecule has 4 rings (SSSR count). The number of nitrogens with two attached hydrogens (primary N) is 1. The van der Waals surface area contributed by atoms with E-state index >= 15 is 0 Å². The van der Waals surface area contributed by atoms with E-state index in [1.807, 2.05) is 31.6 Å². The van der Waals surface area contributed by atoms with Gasteiger partial charge in [0, 0.05) is 48.7 Å². The summed E-state index contributed by atoms with van der Waals surface area (Å²) >= 11 is 0. The van der Waals surface area contributed by atoms with Gasteiger partial charge in [0.05, 0.1) is 17.3 Å². The first-order valence-electron chi connectivity index (χ1n) is 8.33. The number of nitrogens with zero attached hydrogens (tertiary/aromatic N) is 3. The van der Waals surface area contributed by atoms with Crippen molar-refractivity contribution in [2.24, 2.45) is 12.8 Å². The van der Waals surface area contributed by atoms with Crippen LogP contribution in [0.2, 0.25) is 0 Å². The summed E-state index contributed by atoms with van der Waals surface area (Å²) in [6.45, 7) is 2.11. The van der Waals surface area contributed by atoms with Gasteiger partial charge in [-0.3, -0.25) is 9.48 Å². The number of rotatable bonds is 3. The Morgan fingerprint density at radius 2 is 2.04 bits per heavy atom. The molecule has 0 spiro atoms. The first kappa shape index (κ1) is 14.8. The van der Waals surface area contributed by atoms with Crippen LogP contribution in [0, 0.1) is 0 Å². The summed E-state index contributed by atoms with van der Waals surface area (Å²) in [5, 5.41) is 5.28. The number of nitrogens with one attached hydrogen (secondary N) is 1. The number of carbonyl (C=O) groups is 1. The van der Waals surface area contributed by atoms with Crippen molar-refractivity contribution < 1.29 is 4.79 Å². The zero-order chi connectivity index (χ0) is 16.7. The minimum atomic E-state index is -0.412. The lowest BCUT2D eigenvalue weighted by atomic mass is 10.1. The number of aryl methyl sites for hydroxylation is 1. The Morgan fingerprint density at radius 1 is 1.25 bits per heavy atom. The zero-order valence-electron chi connectivity index (χ0n) is 13.7. The largest absolute Gasteiger partial charge is 0.371 e. The number of primary amides is 1. The van der Waals surface area contributed by atoms with Crippen molar-refractivity contribution in [3.63, 3.8) is 0 Å². The van der Waals surface area contributed by atoms with Crippen LogP contribution in [0.25, 0.3) is 22.2 Å². The van der Waals surface area contributed by atoms with E-state index < -0.39 is 5.91 Å². The molecule has 1 aliphatic rings. The van der Waals surface area contributed by atoms with Crippen LogP contribution in [0.1, 0.15) is 29.6 Å². The van der Waals surface area contributed by atoms with Crippen molar-refractivity contribution in [2.75, 3.05) is 18.0 Å². The number of H-pyrrole nitrogens is 1. The fourth-order valence-electron chi connectivity index (χ4n) is 3.54. The molecule has 0 unspecified atom stereocenters. The minimum Gasteiger partial charge on any atom is -0.371 e. The molecule has 3 N–H and O–H groups in total. The highest BCUT2D eigenvalue weighted by Crippen LogP contribution is 2.34. The molecule has 24 heavy (non-hydrogen) atoms. The Kier molecular flexibility index (Phi) is 3.52. The van der Waals surface area contributed by atoms with Gasteiger partial charge in [-0.15, -0.1) is 0 Å². The maximum absolute atomic E-state index is 11.8. The number of anilines is 1. The van der Waals surface area contributed by atoms with Crippen molar-refractivity contribution in [3.8, 4) is 11.3 Å². The monoisotopic (exact) mass is 323 g/mol. The van der Waals surface area contributed by atoms with Crippen molar-refractivity contribution in [2.45, 2.75) is 19.3 Å². The normalized spacial score (nSPS) is 15.1. The van der Waals surface area contributed by atoms with Crippen LogP contribution in [-0.4, -0.2) is 33.8 Å². The van der Waals surface area contributed by atoms with E-state index in [9.17, 15) is 4.79 Å². The van der Waals surface area contributed by atoms with Crippen LogP contribution in [0.15, 0.2) is 30.6 Å². The van der Waals surface area contributed by atoms with Gasteiger partial charge in [0.15, 0.2) is 0 Å². The van der Waals surface area contributed by atoms with E-state index in [1.165, 1.54) is 24.9 Å². The maximum Gasteiger partial charge on any atom is 0.250 e. The van der Waals surface area contributed by atoms with Gasteiger partial charge in [-0.25, -0.2) is 0 Å². The standard InChI is InChI=1S/C18H21N5O/c1-22-11-12(10-20-22)15-9-14-16(23-7-3-2-4-8-23)6-5-13(18(19)24)17(14)21-15/h5-6,9-11,21H,2-4,7-8H2,1H3,(H2,19,24). The van der Waals surface area contributed by atoms with Gasteiger partial charge in [-0.05, 0) is 37.5 Å². The summed E-state index contributed by atoms with van der Waals surface area (Å²) in [5.41, 5.74) is 10.0. The summed E-state index contributed by atoms with van der Waals surface area (Å²) in [7, 11) is 1.89.